The van der Waals surface area contributed by atoms with Gasteiger partial charge in [-0.05, 0) is 0 Å². The molecule has 1 aliphatic rings. The van der Waals surface area contributed by atoms with Gasteiger partial charge in [-0.3, -0.25) is 0 Å². The van der Waals surface area contributed by atoms with Gasteiger partial charge in [0.05, 0.1) is 4.99 Å². The van der Waals surface area contributed by atoms with Crippen LogP contribution in [0.3, 0.4) is 0 Å². The van der Waals surface area contributed by atoms with Crippen LogP contribution in [0.4, 0.5) is 0 Å². The largest absolute Gasteiger partial charge is 0.393 e. The Hall–Kier alpha value is 0.200. The Morgan fingerprint density at radius 3 is 3.00 bits per heavy atom. The first-order chi connectivity index (χ1) is 6.09. The monoisotopic (exact) mass is 218 g/mol. The predicted molar refractivity (Wildman–Crippen MR) is 64.3 cm³/mol. The van der Waals surface area contributed by atoms with Crippen molar-refractivity contribution < 1.29 is 0 Å². The fraction of sp³-hybridized carbons (Fsp3) is 0.889. The predicted octanol–water partition coefficient (Wildman–Crippen LogP) is 1.35. The third-order valence-electron chi connectivity index (χ3n) is 2.34. The Kier molecular flexibility index (Phi) is 4.49. The Morgan fingerprint density at radius 2 is 2.46 bits per heavy atom. The second kappa shape index (κ2) is 5.17. The molecule has 13 heavy (non-hydrogen) atoms. The second-order valence-electron chi connectivity index (χ2n) is 3.74. The van der Waals surface area contributed by atoms with Crippen LogP contribution in [0.25, 0.3) is 0 Å². The van der Waals surface area contributed by atoms with E-state index in [2.05, 4.69) is 30.5 Å². The minimum absolute atomic E-state index is 0.352. The molecule has 76 valence electrons. The topological polar surface area (TPSA) is 29.3 Å². The maximum absolute atomic E-state index is 5.59. The lowest BCUT2D eigenvalue weighted by Crippen LogP contribution is -2.41. The van der Waals surface area contributed by atoms with E-state index in [9.17, 15) is 0 Å². The Balaban J connectivity index is 2.31. The van der Waals surface area contributed by atoms with E-state index < -0.39 is 0 Å². The van der Waals surface area contributed by atoms with Crippen molar-refractivity contribution in [3.05, 3.63) is 0 Å². The summed E-state index contributed by atoms with van der Waals surface area (Å²) >= 11 is 7.01. The summed E-state index contributed by atoms with van der Waals surface area (Å²) in [6.45, 7) is 7.77. The minimum Gasteiger partial charge on any atom is -0.393 e. The summed E-state index contributed by atoms with van der Waals surface area (Å²) in [4.78, 5) is 3.11. The van der Waals surface area contributed by atoms with E-state index in [1.165, 1.54) is 18.8 Å². The van der Waals surface area contributed by atoms with Gasteiger partial charge in [0, 0.05) is 36.6 Å². The van der Waals surface area contributed by atoms with E-state index in [1.807, 2.05) is 0 Å². The van der Waals surface area contributed by atoms with E-state index in [-0.39, 0.29) is 0 Å². The minimum atomic E-state index is 0.352. The summed E-state index contributed by atoms with van der Waals surface area (Å²) in [6, 6.07) is 0. The van der Waals surface area contributed by atoms with Crippen LogP contribution in [0.15, 0.2) is 0 Å². The zero-order chi connectivity index (χ0) is 9.84. The number of hydrogen-bond acceptors (Lipinski definition) is 3. The van der Waals surface area contributed by atoms with Crippen LogP contribution in [0, 0.1) is 5.92 Å². The first-order valence-corrected chi connectivity index (χ1v) is 6.18. The van der Waals surface area contributed by atoms with Gasteiger partial charge < -0.3 is 10.6 Å². The van der Waals surface area contributed by atoms with Crippen LogP contribution in [0.5, 0.6) is 0 Å². The highest BCUT2D eigenvalue weighted by Gasteiger charge is 2.18. The van der Waals surface area contributed by atoms with Crippen molar-refractivity contribution >= 4 is 29.0 Å². The fourth-order valence-electron chi connectivity index (χ4n) is 1.53. The van der Waals surface area contributed by atoms with Crippen molar-refractivity contribution in [1.29, 1.82) is 0 Å². The van der Waals surface area contributed by atoms with Gasteiger partial charge in [0.2, 0.25) is 0 Å². The van der Waals surface area contributed by atoms with Crippen LogP contribution in [0.1, 0.15) is 13.8 Å². The number of nitrogens with two attached hydrogens (primary N) is 1. The molecule has 1 fully saturated rings. The summed E-state index contributed by atoms with van der Waals surface area (Å²) in [5.74, 6) is 1.59. The van der Waals surface area contributed by atoms with Crippen molar-refractivity contribution in [2.45, 2.75) is 19.1 Å². The maximum atomic E-state index is 5.59. The first kappa shape index (κ1) is 11.3. The molecule has 0 saturated carbocycles. The molecule has 2 N–H and O–H groups in total. The molecular weight excluding hydrogens is 200 g/mol. The van der Waals surface area contributed by atoms with Gasteiger partial charge in [0.15, 0.2) is 0 Å². The maximum Gasteiger partial charge on any atom is 0.0768 e. The lowest BCUT2D eigenvalue weighted by Gasteiger charge is -2.32. The number of thioether (sulfide) groups is 1. The molecule has 1 aliphatic heterocycles. The molecule has 0 aromatic heterocycles. The summed E-state index contributed by atoms with van der Waals surface area (Å²) < 4.78 is 0. The average Bonchev–Trinajstić information content (AvgIpc) is 2.04. The van der Waals surface area contributed by atoms with Crippen molar-refractivity contribution in [1.82, 2.24) is 4.90 Å². The standard InChI is InChI=1S/C9H18N2S2/c1-7(9(10)12)5-11-3-4-13-8(2)6-11/h7-8H,3-6H2,1-2H3,(H2,10,12). The van der Waals surface area contributed by atoms with Crippen LogP contribution >= 0.6 is 24.0 Å². The average molecular weight is 218 g/mol. The molecule has 1 heterocycles. The van der Waals surface area contributed by atoms with E-state index in [0.717, 1.165) is 11.8 Å². The van der Waals surface area contributed by atoms with E-state index >= 15 is 0 Å². The zero-order valence-corrected chi connectivity index (χ0v) is 9.96. The van der Waals surface area contributed by atoms with E-state index in [4.69, 9.17) is 18.0 Å². The molecule has 1 rings (SSSR count). The first-order valence-electron chi connectivity index (χ1n) is 4.73. The fourth-order valence-corrected chi connectivity index (χ4v) is 2.69. The molecule has 0 aliphatic carbocycles. The van der Waals surface area contributed by atoms with Crippen LogP contribution in [0.2, 0.25) is 0 Å². The van der Waals surface area contributed by atoms with Crippen molar-refractivity contribution in [3.63, 3.8) is 0 Å². The third-order valence-corrected chi connectivity index (χ3v) is 3.88. The second-order valence-corrected chi connectivity index (χ2v) is 5.76. The Morgan fingerprint density at radius 1 is 1.77 bits per heavy atom. The van der Waals surface area contributed by atoms with Gasteiger partial charge in [0.25, 0.3) is 0 Å². The normalized spacial score (nSPS) is 27.1. The molecule has 0 aromatic rings. The molecule has 0 amide bonds. The Bertz CT molecular complexity index is 184. The number of thiocarbonyl (C=S) groups is 1. The van der Waals surface area contributed by atoms with Crippen LogP contribution < -0.4 is 5.73 Å². The highest BCUT2D eigenvalue weighted by molar-refractivity contribution is 7.99. The molecular formula is C9H18N2S2. The summed E-state index contributed by atoms with van der Waals surface area (Å²) in [5, 5.41) is 0.757. The molecule has 2 unspecified atom stereocenters. The summed E-state index contributed by atoms with van der Waals surface area (Å²) in [5.41, 5.74) is 5.59. The summed E-state index contributed by atoms with van der Waals surface area (Å²) in [6.07, 6.45) is 0. The number of nitrogens with zero attached hydrogens (tertiary/aromatic N) is 1. The number of rotatable bonds is 3. The van der Waals surface area contributed by atoms with Gasteiger partial charge in [-0.2, -0.15) is 11.8 Å². The molecule has 0 radical (unpaired) electrons. The van der Waals surface area contributed by atoms with Crippen LogP contribution in [-0.2, 0) is 0 Å². The highest BCUT2D eigenvalue weighted by atomic mass is 32.2. The SMILES string of the molecule is CC1CN(CC(C)C(N)=S)CCS1. The van der Waals surface area contributed by atoms with Crippen molar-refractivity contribution in [2.75, 3.05) is 25.4 Å². The van der Waals surface area contributed by atoms with Gasteiger partial charge >= 0.3 is 0 Å². The quantitative estimate of drug-likeness (QED) is 0.724. The van der Waals surface area contributed by atoms with Gasteiger partial charge in [-0.1, -0.05) is 26.1 Å². The number of hydrogen-bond donors (Lipinski definition) is 1. The molecule has 2 atom stereocenters. The van der Waals surface area contributed by atoms with E-state index in [1.54, 1.807) is 0 Å². The van der Waals surface area contributed by atoms with Crippen LogP contribution in [-0.4, -0.2) is 40.5 Å². The van der Waals surface area contributed by atoms with E-state index in [0.29, 0.717) is 10.9 Å². The summed E-state index contributed by atoms with van der Waals surface area (Å²) in [7, 11) is 0. The molecule has 1 saturated heterocycles. The Labute approximate surface area is 90.2 Å². The van der Waals surface area contributed by atoms with Gasteiger partial charge in [-0.15, -0.1) is 0 Å². The lowest BCUT2D eigenvalue weighted by atomic mass is 10.1. The molecule has 4 heteroatoms. The molecule has 0 aromatic carbocycles. The molecule has 0 spiro atoms. The zero-order valence-electron chi connectivity index (χ0n) is 8.32. The van der Waals surface area contributed by atoms with Crippen molar-refractivity contribution in [2.24, 2.45) is 11.7 Å². The highest BCUT2D eigenvalue weighted by Crippen LogP contribution is 2.18. The van der Waals surface area contributed by atoms with Gasteiger partial charge in [-0.25, -0.2) is 0 Å². The van der Waals surface area contributed by atoms with Gasteiger partial charge in [0.1, 0.15) is 0 Å². The molecule has 2 nitrogen and oxygen atoms in total. The smallest absolute Gasteiger partial charge is 0.0768 e. The van der Waals surface area contributed by atoms with Crippen molar-refractivity contribution in [3.8, 4) is 0 Å². The lowest BCUT2D eigenvalue weighted by molar-refractivity contribution is 0.271. The molecule has 0 bridgehead atoms. The third kappa shape index (κ3) is 3.83.